The highest BCUT2D eigenvalue weighted by atomic mass is 19.1. The van der Waals surface area contributed by atoms with Crippen LogP contribution >= 0.6 is 0 Å². The lowest BCUT2D eigenvalue weighted by atomic mass is 9.97. The van der Waals surface area contributed by atoms with E-state index in [1.807, 2.05) is 47.0 Å². The maximum Gasteiger partial charge on any atom is 0.170 e. The van der Waals surface area contributed by atoms with Crippen molar-refractivity contribution in [2.75, 3.05) is 0 Å². The second kappa shape index (κ2) is 8.17. The third kappa shape index (κ3) is 3.41. The van der Waals surface area contributed by atoms with Gasteiger partial charge in [0.15, 0.2) is 11.5 Å². The van der Waals surface area contributed by atoms with Crippen LogP contribution in [0.5, 0.6) is 0 Å². The van der Waals surface area contributed by atoms with Gasteiger partial charge in [-0.15, -0.1) is 10.2 Å². The Morgan fingerprint density at radius 1 is 0.765 bits per heavy atom. The highest BCUT2D eigenvalue weighted by Crippen LogP contribution is 2.35. The van der Waals surface area contributed by atoms with E-state index in [4.69, 9.17) is 10.7 Å². The van der Waals surface area contributed by atoms with E-state index in [-0.39, 0.29) is 5.82 Å². The maximum absolute atomic E-state index is 13.4. The molecular weight excluding hydrogens is 425 g/mol. The van der Waals surface area contributed by atoms with E-state index in [0.29, 0.717) is 18.0 Å². The van der Waals surface area contributed by atoms with Crippen molar-refractivity contribution in [1.29, 1.82) is 0 Å². The predicted octanol–water partition coefficient (Wildman–Crippen LogP) is 5.88. The number of benzene rings is 3. The van der Waals surface area contributed by atoms with Gasteiger partial charge in [0.25, 0.3) is 0 Å². The predicted molar refractivity (Wildman–Crippen MR) is 132 cm³/mol. The molecule has 0 radical (unpaired) electrons. The lowest BCUT2D eigenvalue weighted by Crippen LogP contribution is -1.97. The molecule has 3 aromatic heterocycles. The van der Waals surface area contributed by atoms with E-state index in [9.17, 15) is 4.39 Å². The first-order chi connectivity index (χ1) is 16.7. The van der Waals surface area contributed by atoms with Gasteiger partial charge in [0, 0.05) is 34.8 Å². The van der Waals surface area contributed by atoms with Crippen molar-refractivity contribution in [3.8, 4) is 33.8 Å². The van der Waals surface area contributed by atoms with Gasteiger partial charge in [-0.25, -0.2) is 9.37 Å². The van der Waals surface area contributed by atoms with Gasteiger partial charge in [-0.3, -0.25) is 4.40 Å². The number of aromatic nitrogens is 4. The maximum atomic E-state index is 13.4. The van der Waals surface area contributed by atoms with Crippen molar-refractivity contribution in [2.24, 2.45) is 5.73 Å². The molecule has 0 saturated carbocycles. The Hall–Kier alpha value is -4.42. The van der Waals surface area contributed by atoms with Crippen LogP contribution in [-0.4, -0.2) is 19.6 Å². The summed E-state index contributed by atoms with van der Waals surface area (Å²) in [5, 5.41) is 9.76. The Bertz CT molecular complexity index is 1620. The number of hydrogen-bond acceptors (Lipinski definition) is 4. The monoisotopic (exact) mass is 445 g/mol. The molecule has 0 unspecified atom stereocenters. The van der Waals surface area contributed by atoms with Gasteiger partial charge in [0.05, 0.1) is 11.2 Å². The highest BCUT2D eigenvalue weighted by Gasteiger charge is 2.16. The lowest BCUT2D eigenvalue weighted by Gasteiger charge is -2.13. The minimum Gasteiger partial charge on any atom is -0.326 e. The molecule has 5 nitrogen and oxygen atoms in total. The molecule has 0 bridgehead atoms. The third-order valence-electron chi connectivity index (χ3n) is 6.02. The fourth-order valence-corrected chi connectivity index (χ4v) is 4.25. The Labute approximate surface area is 195 Å². The zero-order valence-corrected chi connectivity index (χ0v) is 18.2. The third-order valence-corrected chi connectivity index (χ3v) is 6.02. The van der Waals surface area contributed by atoms with Gasteiger partial charge >= 0.3 is 0 Å². The number of hydrogen-bond donors (Lipinski definition) is 1. The molecule has 34 heavy (non-hydrogen) atoms. The van der Waals surface area contributed by atoms with Crippen molar-refractivity contribution >= 4 is 16.6 Å². The molecule has 0 spiro atoms. The smallest absolute Gasteiger partial charge is 0.170 e. The Kier molecular flexibility index (Phi) is 4.86. The van der Waals surface area contributed by atoms with Crippen LogP contribution in [0.1, 0.15) is 5.56 Å². The summed E-state index contributed by atoms with van der Waals surface area (Å²) in [6, 6.07) is 28.7. The van der Waals surface area contributed by atoms with Gasteiger partial charge in [-0.1, -0.05) is 54.6 Å². The normalized spacial score (nSPS) is 11.4. The van der Waals surface area contributed by atoms with E-state index < -0.39 is 0 Å². The van der Waals surface area contributed by atoms with E-state index in [2.05, 4.69) is 40.5 Å². The quantitative estimate of drug-likeness (QED) is 0.368. The van der Waals surface area contributed by atoms with Crippen LogP contribution in [0.15, 0.2) is 97.2 Å². The van der Waals surface area contributed by atoms with Crippen molar-refractivity contribution in [3.05, 3.63) is 109 Å². The van der Waals surface area contributed by atoms with Crippen LogP contribution in [0.2, 0.25) is 0 Å². The van der Waals surface area contributed by atoms with Crippen LogP contribution in [0.3, 0.4) is 0 Å². The number of nitrogens with zero attached hydrogens (tertiary/aromatic N) is 4. The largest absolute Gasteiger partial charge is 0.326 e. The Morgan fingerprint density at radius 2 is 1.50 bits per heavy atom. The molecule has 3 aromatic carbocycles. The van der Waals surface area contributed by atoms with E-state index in [0.717, 1.165) is 44.4 Å². The van der Waals surface area contributed by atoms with Gasteiger partial charge in [0.2, 0.25) is 0 Å². The number of rotatable bonds is 4. The number of fused-ring (bicyclic) bond motifs is 3. The molecule has 164 valence electrons. The molecule has 0 atom stereocenters. The van der Waals surface area contributed by atoms with Gasteiger partial charge in [-0.2, -0.15) is 0 Å². The molecule has 0 amide bonds. The topological polar surface area (TPSA) is 69.1 Å². The van der Waals surface area contributed by atoms with Crippen molar-refractivity contribution in [1.82, 2.24) is 19.6 Å². The Morgan fingerprint density at radius 3 is 2.24 bits per heavy atom. The Balaban J connectivity index is 1.60. The number of pyridine rings is 2. The van der Waals surface area contributed by atoms with Crippen molar-refractivity contribution in [3.63, 3.8) is 0 Å². The van der Waals surface area contributed by atoms with Crippen molar-refractivity contribution < 1.29 is 4.39 Å². The summed E-state index contributed by atoms with van der Waals surface area (Å²) in [6.45, 7) is 0.498. The first-order valence-electron chi connectivity index (χ1n) is 11.0. The van der Waals surface area contributed by atoms with E-state index in [1.54, 1.807) is 12.1 Å². The van der Waals surface area contributed by atoms with Crippen molar-refractivity contribution in [2.45, 2.75) is 6.54 Å². The highest BCUT2D eigenvalue weighted by molar-refractivity contribution is 5.98. The summed E-state index contributed by atoms with van der Waals surface area (Å²) in [4.78, 5) is 5.06. The van der Waals surface area contributed by atoms with Crippen LogP contribution in [0.4, 0.5) is 4.39 Å². The van der Waals surface area contributed by atoms with Gasteiger partial charge in [0.1, 0.15) is 5.82 Å². The van der Waals surface area contributed by atoms with Crippen LogP contribution in [-0.2, 0) is 6.54 Å². The van der Waals surface area contributed by atoms with Crippen LogP contribution < -0.4 is 5.73 Å². The summed E-state index contributed by atoms with van der Waals surface area (Å²) in [5.41, 5.74) is 13.2. The molecule has 2 N–H and O–H groups in total. The molecule has 6 rings (SSSR count). The zero-order valence-electron chi connectivity index (χ0n) is 18.2. The molecule has 0 aliphatic carbocycles. The molecular formula is C28H20FN5. The first kappa shape index (κ1) is 20.2. The van der Waals surface area contributed by atoms with Gasteiger partial charge in [-0.05, 0) is 47.5 Å². The molecule has 6 aromatic rings. The standard InChI is InChI=1S/C28H20FN5/c29-22-12-10-21(11-13-22)27-32-33-28-24-16-23(19-4-2-1-3-5-19)26(31-25(24)14-15-34(27)28)20-8-6-18(17-30)7-9-20/h1-16H,17,30H2. The molecule has 3 heterocycles. The molecule has 6 heteroatoms. The minimum absolute atomic E-state index is 0.285. The fraction of sp³-hybridized carbons (Fsp3) is 0.0357. The zero-order chi connectivity index (χ0) is 23.1. The summed E-state index contributed by atoms with van der Waals surface area (Å²) < 4.78 is 15.3. The molecule has 0 aliphatic heterocycles. The average molecular weight is 446 g/mol. The molecule has 0 saturated heterocycles. The summed E-state index contributed by atoms with van der Waals surface area (Å²) in [5.74, 6) is 0.367. The number of halogens is 1. The second-order valence-corrected chi connectivity index (χ2v) is 8.12. The van der Waals surface area contributed by atoms with E-state index >= 15 is 0 Å². The second-order valence-electron chi connectivity index (χ2n) is 8.12. The fourth-order valence-electron chi connectivity index (χ4n) is 4.25. The summed E-state index contributed by atoms with van der Waals surface area (Å²) in [6.07, 6.45) is 1.91. The lowest BCUT2D eigenvalue weighted by molar-refractivity contribution is 0.628. The first-order valence-corrected chi connectivity index (χ1v) is 11.0. The molecule has 0 fully saturated rings. The summed E-state index contributed by atoms with van der Waals surface area (Å²) in [7, 11) is 0. The summed E-state index contributed by atoms with van der Waals surface area (Å²) >= 11 is 0. The SMILES string of the molecule is NCc1ccc(-c2nc3ccn4c(-c5ccc(F)cc5)nnc4c3cc2-c2ccccc2)cc1. The van der Waals surface area contributed by atoms with E-state index in [1.165, 1.54) is 12.1 Å². The van der Waals surface area contributed by atoms with Gasteiger partial charge < -0.3 is 5.73 Å². The van der Waals surface area contributed by atoms with Crippen LogP contribution in [0.25, 0.3) is 50.3 Å². The molecule has 0 aliphatic rings. The number of nitrogens with two attached hydrogens (primary N) is 1. The average Bonchev–Trinajstić information content (AvgIpc) is 3.33. The van der Waals surface area contributed by atoms with Crippen LogP contribution in [0, 0.1) is 5.82 Å². The minimum atomic E-state index is -0.285.